The molecule has 2 N–H and O–H groups in total. The van der Waals surface area contributed by atoms with Gasteiger partial charge >= 0.3 is 0 Å². The maximum Gasteiger partial charge on any atom is 0.260 e. The number of hydrogen-bond donors (Lipinski definition) is 2. The molecule has 0 unspecified atom stereocenters. The van der Waals surface area contributed by atoms with E-state index in [0.29, 0.717) is 18.9 Å². The molecular formula is C12H21N3O3S. The van der Waals surface area contributed by atoms with Gasteiger partial charge in [-0.05, 0) is 18.6 Å². The number of pyridine rings is 1. The molecule has 1 heterocycles. The molecule has 19 heavy (non-hydrogen) atoms. The lowest BCUT2D eigenvalue weighted by Gasteiger charge is -2.10. The molecule has 0 atom stereocenters. The fourth-order valence-electron chi connectivity index (χ4n) is 1.46. The predicted molar refractivity (Wildman–Crippen MR) is 74.7 cm³/mol. The van der Waals surface area contributed by atoms with Crippen LogP contribution in [-0.4, -0.2) is 40.2 Å². The number of ether oxygens (including phenoxy) is 1. The molecule has 0 aliphatic carbocycles. The minimum absolute atomic E-state index is 0.00561. The van der Waals surface area contributed by atoms with E-state index in [0.717, 1.165) is 12.8 Å². The highest BCUT2D eigenvalue weighted by molar-refractivity contribution is 7.89. The number of aromatic nitrogens is 1. The Morgan fingerprint density at radius 3 is 2.84 bits per heavy atom. The molecule has 0 fully saturated rings. The summed E-state index contributed by atoms with van der Waals surface area (Å²) in [5.41, 5.74) is 0.474. The second-order valence-corrected chi connectivity index (χ2v) is 5.65. The highest BCUT2D eigenvalue weighted by Gasteiger charge is 2.18. The lowest BCUT2D eigenvalue weighted by atomic mass is 10.4. The van der Waals surface area contributed by atoms with Gasteiger partial charge in [-0.15, -0.1) is 0 Å². The minimum atomic E-state index is -3.60. The summed E-state index contributed by atoms with van der Waals surface area (Å²) < 4.78 is 31.8. The van der Waals surface area contributed by atoms with Crippen LogP contribution >= 0.6 is 0 Å². The third-order valence-corrected chi connectivity index (χ3v) is 3.89. The van der Waals surface area contributed by atoms with Crippen molar-refractivity contribution in [1.29, 1.82) is 0 Å². The Morgan fingerprint density at radius 1 is 1.37 bits per heavy atom. The van der Waals surface area contributed by atoms with Gasteiger partial charge in [0.05, 0.1) is 12.3 Å². The summed E-state index contributed by atoms with van der Waals surface area (Å²) >= 11 is 0. The number of rotatable bonds is 9. The van der Waals surface area contributed by atoms with Gasteiger partial charge < -0.3 is 10.1 Å². The molecule has 0 spiro atoms. The highest BCUT2D eigenvalue weighted by Crippen LogP contribution is 2.16. The molecule has 108 valence electrons. The molecule has 1 rings (SSSR count). The van der Waals surface area contributed by atoms with Crippen LogP contribution < -0.4 is 10.0 Å². The van der Waals surface area contributed by atoms with Crippen molar-refractivity contribution in [2.75, 3.05) is 32.1 Å². The molecule has 0 aliphatic rings. The summed E-state index contributed by atoms with van der Waals surface area (Å²) in [5.74, 6) is 0. The average molecular weight is 287 g/mol. The first-order chi connectivity index (χ1) is 9.11. The summed E-state index contributed by atoms with van der Waals surface area (Å²) in [6.07, 6.45) is 3.50. The Bertz CT molecular complexity index is 477. The normalized spacial score (nSPS) is 11.5. The molecule has 6 nitrogen and oxygen atoms in total. The van der Waals surface area contributed by atoms with Crippen molar-refractivity contribution in [3.63, 3.8) is 0 Å². The van der Waals surface area contributed by atoms with Gasteiger partial charge in [-0.25, -0.2) is 18.1 Å². The number of unbranched alkanes of at least 4 members (excludes halogenated alkanes) is 1. The number of nitrogens with zero attached hydrogens (tertiary/aromatic N) is 1. The summed E-state index contributed by atoms with van der Waals surface area (Å²) in [7, 11) is -1.94. The van der Waals surface area contributed by atoms with Gasteiger partial charge in [0.25, 0.3) is 10.0 Å². The molecule has 1 aromatic rings. The van der Waals surface area contributed by atoms with Gasteiger partial charge in [0.15, 0.2) is 5.03 Å². The molecule has 7 heteroatoms. The third kappa shape index (κ3) is 5.14. The lowest BCUT2D eigenvalue weighted by molar-refractivity contribution is 0.136. The van der Waals surface area contributed by atoms with Crippen LogP contribution in [0.4, 0.5) is 5.69 Å². The van der Waals surface area contributed by atoms with E-state index in [9.17, 15) is 8.42 Å². The second-order valence-electron chi connectivity index (χ2n) is 3.97. The standard InChI is InChI=1S/C12H21N3O3S/c1-3-4-9-18-10-8-15-19(16,17)12-11(13-2)6-5-7-14-12/h5-7,13,15H,3-4,8-10H2,1-2H3. The maximum absolute atomic E-state index is 12.0. The smallest absolute Gasteiger partial charge is 0.260 e. The highest BCUT2D eigenvalue weighted by atomic mass is 32.2. The molecule has 0 bridgehead atoms. The number of nitrogens with one attached hydrogen (secondary N) is 2. The molecule has 0 saturated heterocycles. The molecule has 0 saturated carbocycles. The zero-order valence-corrected chi connectivity index (χ0v) is 12.2. The van der Waals surface area contributed by atoms with Crippen molar-refractivity contribution >= 4 is 15.7 Å². The SMILES string of the molecule is CCCCOCCNS(=O)(=O)c1ncccc1NC. The summed E-state index contributed by atoms with van der Waals surface area (Å²) in [5, 5.41) is 2.81. The number of anilines is 1. The fraction of sp³-hybridized carbons (Fsp3) is 0.583. The minimum Gasteiger partial charge on any atom is -0.386 e. The molecule has 0 aromatic carbocycles. The van der Waals surface area contributed by atoms with Gasteiger partial charge in [-0.2, -0.15) is 0 Å². The van der Waals surface area contributed by atoms with Crippen LogP contribution in [0.3, 0.4) is 0 Å². The van der Waals surface area contributed by atoms with Crippen molar-refractivity contribution < 1.29 is 13.2 Å². The van der Waals surface area contributed by atoms with E-state index in [1.165, 1.54) is 6.20 Å². The Morgan fingerprint density at radius 2 is 2.16 bits per heavy atom. The molecule has 0 radical (unpaired) electrons. The van der Waals surface area contributed by atoms with Crippen molar-refractivity contribution in [3.8, 4) is 0 Å². The van der Waals surface area contributed by atoms with Gasteiger partial charge in [0.2, 0.25) is 0 Å². The Kier molecular flexibility index (Phi) is 6.75. The van der Waals surface area contributed by atoms with E-state index in [1.807, 2.05) is 0 Å². The Balaban J connectivity index is 2.52. The van der Waals surface area contributed by atoms with E-state index >= 15 is 0 Å². The monoisotopic (exact) mass is 287 g/mol. The molecule has 0 amide bonds. The van der Waals surface area contributed by atoms with E-state index in [2.05, 4.69) is 21.9 Å². The van der Waals surface area contributed by atoms with Crippen LogP contribution in [0.25, 0.3) is 0 Å². The predicted octanol–water partition coefficient (Wildman–Crippen LogP) is 1.22. The maximum atomic E-state index is 12.0. The van der Waals surface area contributed by atoms with Crippen LogP contribution in [0.1, 0.15) is 19.8 Å². The molecule has 1 aromatic heterocycles. The second kappa shape index (κ2) is 8.08. The topological polar surface area (TPSA) is 80.3 Å². The zero-order valence-electron chi connectivity index (χ0n) is 11.3. The summed E-state index contributed by atoms with van der Waals surface area (Å²) in [6, 6.07) is 3.35. The van der Waals surface area contributed by atoms with Crippen LogP contribution in [0.2, 0.25) is 0 Å². The van der Waals surface area contributed by atoms with E-state index in [4.69, 9.17) is 4.74 Å². The van der Waals surface area contributed by atoms with Crippen LogP contribution in [-0.2, 0) is 14.8 Å². The molecule has 0 aliphatic heterocycles. The first kappa shape index (κ1) is 15.9. The van der Waals surface area contributed by atoms with Crippen molar-refractivity contribution in [3.05, 3.63) is 18.3 Å². The number of hydrogen-bond acceptors (Lipinski definition) is 5. The van der Waals surface area contributed by atoms with Crippen LogP contribution in [0.15, 0.2) is 23.4 Å². The third-order valence-electron chi connectivity index (χ3n) is 2.48. The van der Waals surface area contributed by atoms with Gasteiger partial charge in [-0.3, -0.25) is 0 Å². The van der Waals surface area contributed by atoms with Gasteiger partial charge in [0.1, 0.15) is 0 Å². The zero-order chi connectivity index (χ0) is 14.1. The van der Waals surface area contributed by atoms with Crippen LogP contribution in [0.5, 0.6) is 0 Å². The van der Waals surface area contributed by atoms with Crippen molar-refractivity contribution in [1.82, 2.24) is 9.71 Å². The lowest BCUT2D eigenvalue weighted by Crippen LogP contribution is -2.28. The Labute approximate surface area is 114 Å². The van der Waals surface area contributed by atoms with Crippen LogP contribution in [0, 0.1) is 0 Å². The van der Waals surface area contributed by atoms with E-state index in [-0.39, 0.29) is 11.6 Å². The van der Waals surface area contributed by atoms with E-state index < -0.39 is 10.0 Å². The van der Waals surface area contributed by atoms with Gasteiger partial charge in [-0.1, -0.05) is 13.3 Å². The average Bonchev–Trinajstić information content (AvgIpc) is 2.42. The summed E-state index contributed by atoms with van der Waals surface area (Å²) in [4.78, 5) is 3.90. The largest absolute Gasteiger partial charge is 0.386 e. The van der Waals surface area contributed by atoms with Gasteiger partial charge in [0, 0.05) is 26.4 Å². The first-order valence-corrected chi connectivity index (χ1v) is 7.80. The number of sulfonamides is 1. The fourth-order valence-corrected chi connectivity index (χ4v) is 2.61. The van der Waals surface area contributed by atoms with E-state index in [1.54, 1.807) is 19.2 Å². The van der Waals surface area contributed by atoms with Crippen molar-refractivity contribution in [2.45, 2.75) is 24.8 Å². The quantitative estimate of drug-likeness (QED) is 0.667. The first-order valence-electron chi connectivity index (χ1n) is 6.32. The Hall–Kier alpha value is -1.18. The molecular weight excluding hydrogens is 266 g/mol. The van der Waals surface area contributed by atoms with Crippen molar-refractivity contribution in [2.24, 2.45) is 0 Å². The summed E-state index contributed by atoms with van der Waals surface area (Å²) in [6.45, 7) is 3.34.